The van der Waals surface area contributed by atoms with Gasteiger partial charge in [0.05, 0.1) is 17.8 Å². The summed E-state index contributed by atoms with van der Waals surface area (Å²) >= 11 is 0. The van der Waals surface area contributed by atoms with E-state index in [-0.39, 0.29) is 28.8 Å². The lowest BCUT2D eigenvalue weighted by Crippen LogP contribution is -2.42. The molecule has 0 aromatic rings. The van der Waals surface area contributed by atoms with E-state index in [9.17, 15) is 9.90 Å². The van der Waals surface area contributed by atoms with Gasteiger partial charge in [0.15, 0.2) is 5.78 Å². The molecule has 24 heavy (non-hydrogen) atoms. The second-order valence-corrected chi connectivity index (χ2v) is 8.89. The van der Waals surface area contributed by atoms with Gasteiger partial charge in [0.2, 0.25) is 0 Å². The number of ether oxygens (including phenoxy) is 2. The molecule has 0 spiro atoms. The number of hydrogen-bond donors (Lipinski definition) is 1. The zero-order chi connectivity index (χ0) is 17.5. The number of ketones is 1. The molecule has 2 saturated heterocycles. The van der Waals surface area contributed by atoms with Gasteiger partial charge in [-0.25, -0.2) is 0 Å². The number of carbonyl (C=O) groups excluding carboxylic acids is 1. The van der Waals surface area contributed by atoms with E-state index in [1.807, 2.05) is 13.8 Å². The predicted octanol–water partition coefficient (Wildman–Crippen LogP) is 2.94. The highest BCUT2D eigenvalue weighted by Crippen LogP contribution is 2.55. The van der Waals surface area contributed by atoms with Gasteiger partial charge >= 0.3 is 0 Å². The van der Waals surface area contributed by atoms with Crippen LogP contribution in [-0.2, 0) is 14.3 Å². The lowest BCUT2D eigenvalue weighted by atomic mass is 9.61. The zero-order valence-electron chi connectivity index (χ0n) is 15.1. The van der Waals surface area contributed by atoms with Crippen LogP contribution in [0.4, 0.5) is 0 Å². The first-order valence-electron chi connectivity index (χ1n) is 9.10. The molecular weight excluding hydrogens is 304 g/mol. The molecule has 0 aromatic carbocycles. The summed E-state index contributed by atoms with van der Waals surface area (Å²) in [6.45, 7) is 12.6. The number of hydrogen-bond acceptors (Lipinski definition) is 4. The Hall–Kier alpha value is -0.970. The Balaban J connectivity index is 1.73. The minimum atomic E-state index is -0.629. The molecule has 1 saturated carbocycles. The average molecular weight is 332 g/mol. The minimum absolute atomic E-state index is 0.0141. The van der Waals surface area contributed by atoms with Crippen molar-refractivity contribution in [1.82, 2.24) is 0 Å². The quantitative estimate of drug-likeness (QED) is 0.693. The lowest BCUT2D eigenvalue weighted by Gasteiger charge is -2.44. The van der Waals surface area contributed by atoms with Gasteiger partial charge in [0.25, 0.3) is 0 Å². The van der Waals surface area contributed by atoms with Crippen molar-refractivity contribution in [3.8, 4) is 0 Å². The van der Waals surface area contributed by atoms with Crippen molar-refractivity contribution in [2.24, 2.45) is 11.3 Å². The molecule has 1 N–H and O–H groups in total. The van der Waals surface area contributed by atoms with E-state index in [0.29, 0.717) is 5.57 Å². The highest BCUT2D eigenvalue weighted by atomic mass is 16.6. The summed E-state index contributed by atoms with van der Waals surface area (Å²) in [5.41, 5.74) is 0.650. The smallest absolute Gasteiger partial charge is 0.194 e. The van der Waals surface area contributed by atoms with Crippen LogP contribution in [0.3, 0.4) is 0 Å². The zero-order valence-corrected chi connectivity index (χ0v) is 15.1. The molecular formula is C20H28O4. The second kappa shape index (κ2) is 4.80. The van der Waals surface area contributed by atoms with Gasteiger partial charge < -0.3 is 14.6 Å². The first kappa shape index (κ1) is 16.5. The molecule has 2 bridgehead atoms. The standard InChI is InChI=1S/C20H28O4/c1-11-13-10-14(21)12(2)18(11,3)8-9-19(4)15(23-19)6-7-20(5)17(24-20)16(13)22/h10,12,14-15,17,21H,1,6-9H2,2-5H3/t12-,14-,15-,17+,18-,19+,20-/m1/s1. The van der Waals surface area contributed by atoms with Crippen LogP contribution in [-0.4, -0.2) is 40.4 Å². The molecule has 2 heterocycles. The number of Topliss-reactive ketones (excluding diaryl/α,β-unsaturated/α-hetero) is 1. The van der Waals surface area contributed by atoms with E-state index >= 15 is 0 Å². The molecule has 4 rings (SSSR count). The van der Waals surface area contributed by atoms with Crippen LogP contribution < -0.4 is 0 Å². The molecule has 4 heteroatoms. The van der Waals surface area contributed by atoms with Crippen molar-refractivity contribution in [1.29, 1.82) is 0 Å². The van der Waals surface area contributed by atoms with E-state index in [2.05, 4.69) is 20.4 Å². The average Bonchev–Trinajstić information content (AvgIpc) is 3.40. The lowest BCUT2D eigenvalue weighted by molar-refractivity contribution is -0.117. The number of carbonyl (C=O) groups is 1. The maximum Gasteiger partial charge on any atom is 0.194 e. The van der Waals surface area contributed by atoms with E-state index < -0.39 is 17.8 Å². The predicted molar refractivity (Wildman–Crippen MR) is 90.5 cm³/mol. The second-order valence-electron chi connectivity index (χ2n) is 8.89. The van der Waals surface area contributed by atoms with Crippen LogP contribution in [0.1, 0.15) is 53.4 Å². The molecule has 4 nitrogen and oxygen atoms in total. The van der Waals surface area contributed by atoms with Gasteiger partial charge in [-0.05, 0) is 62.5 Å². The molecule has 2 aliphatic carbocycles. The largest absolute Gasteiger partial charge is 0.389 e. The molecule has 3 fully saturated rings. The summed E-state index contributed by atoms with van der Waals surface area (Å²) in [5, 5.41) is 10.6. The first-order valence-corrected chi connectivity index (χ1v) is 9.10. The van der Waals surface area contributed by atoms with Crippen molar-refractivity contribution in [3.05, 3.63) is 23.8 Å². The van der Waals surface area contributed by atoms with Crippen LogP contribution >= 0.6 is 0 Å². The van der Waals surface area contributed by atoms with Crippen molar-refractivity contribution >= 4 is 5.78 Å². The van der Waals surface area contributed by atoms with Crippen molar-refractivity contribution in [2.45, 2.75) is 82.9 Å². The molecule has 0 amide bonds. The third-order valence-corrected chi connectivity index (χ3v) is 7.34. The Labute approximate surface area is 143 Å². The summed E-state index contributed by atoms with van der Waals surface area (Å²) < 4.78 is 11.8. The van der Waals surface area contributed by atoms with Crippen LogP contribution in [0.15, 0.2) is 23.8 Å². The fourth-order valence-electron chi connectivity index (χ4n) is 4.68. The van der Waals surface area contributed by atoms with Crippen LogP contribution in [0, 0.1) is 11.3 Å². The maximum atomic E-state index is 13.0. The number of aliphatic hydroxyl groups is 1. The third kappa shape index (κ3) is 2.19. The molecule has 0 aromatic heterocycles. The van der Waals surface area contributed by atoms with Crippen LogP contribution in [0.25, 0.3) is 0 Å². The van der Waals surface area contributed by atoms with Gasteiger partial charge in [0.1, 0.15) is 11.7 Å². The molecule has 4 aliphatic rings. The van der Waals surface area contributed by atoms with E-state index in [1.165, 1.54) is 0 Å². The normalized spacial score (nSPS) is 54.0. The van der Waals surface area contributed by atoms with Crippen LogP contribution in [0.2, 0.25) is 0 Å². The first-order chi connectivity index (χ1) is 11.1. The Kier molecular flexibility index (Phi) is 3.30. The summed E-state index contributed by atoms with van der Waals surface area (Å²) in [6, 6.07) is 0. The van der Waals surface area contributed by atoms with Gasteiger partial charge in [-0.1, -0.05) is 20.4 Å². The Morgan fingerprint density at radius 1 is 1.17 bits per heavy atom. The van der Waals surface area contributed by atoms with E-state index in [1.54, 1.807) is 6.08 Å². The summed E-state index contributed by atoms with van der Waals surface area (Å²) in [7, 11) is 0. The molecule has 0 unspecified atom stereocenters. The molecule has 132 valence electrons. The topological polar surface area (TPSA) is 62.4 Å². The van der Waals surface area contributed by atoms with Gasteiger partial charge in [-0.3, -0.25) is 4.79 Å². The highest BCUT2D eigenvalue weighted by Gasteiger charge is 2.61. The number of fused-ring (bicyclic) bond motifs is 4. The SMILES string of the molecule is C=C1C2=C[C@@H](O)[C@@H](C)[C@]1(C)CC[C@]1(C)O[C@@H]1CC[C@@]1(C)O[C@H]1C2=O. The molecule has 7 atom stereocenters. The maximum absolute atomic E-state index is 13.0. The van der Waals surface area contributed by atoms with Gasteiger partial charge in [-0.15, -0.1) is 0 Å². The van der Waals surface area contributed by atoms with Crippen LogP contribution in [0.5, 0.6) is 0 Å². The Morgan fingerprint density at radius 2 is 1.88 bits per heavy atom. The van der Waals surface area contributed by atoms with Crippen molar-refractivity contribution < 1.29 is 19.4 Å². The van der Waals surface area contributed by atoms with Crippen molar-refractivity contribution in [3.63, 3.8) is 0 Å². The number of allylic oxidation sites excluding steroid dienone is 1. The fourth-order valence-corrected chi connectivity index (χ4v) is 4.68. The number of epoxide rings is 2. The fraction of sp³-hybridized carbons (Fsp3) is 0.750. The van der Waals surface area contributed by atoms with Crippen molar-refractivity contribution in [2.75, 3.05) is 0 Å². The Morgan fingerprint density at radius 3 is 2.58 bits per heavy atom. The number of aliphatic hydroxyl groups excluding tert-OH is 1. The highest BCUT2D eigenvalue weighted by molar-refractivity contribution is 6.05. The van der Waals surface area contributed by atoms with E-state index in [4.69, 9.17) is 9.47 Å². The summed E-state index contributed by atoms with van der Waals surface area (Å²) in [5.74, 6) is 0.0107. The molecule has 2 aliphatic heterocycles. The summed E-state index contributed by atoms with van der Waals surface area (Å²) in [4.78, 5) is 13.0. The van der Waals surface area contributed by atoms with Gasteiger partial charge in [-0.2, -0.15) is 0 Å². The van der Waals surface area contributed by atoms with Gasteiger partial charge in [0, 0.05) is 5.57 Å². The molecule has 0 radical (unpaired) electrons. The van der Waals surface area contributed by atoms with E-state index in [0.717, 1.165) is 31.3 Å². The third-order valence-electron chi connectivity index (χ3n) is 7.34. The monoisotopic (exact) mass is 332 g/mol. The summed E-state index contributed by atoms with van der Waals surface area (Å²) in [6.07, 6.45) is 4.47. The number of rotatable bonds is 0. The minimum Gasteiger partial charge on any atom is -0.389 e. The Bertz CT molecular complexity index is 652.